The average Bonchev–Trinajstić information content (AvgIpc) is 2.77. The van der Waals surface area contributed by atoms with E-state index in [1.165, 1.54) is 16.3 Å². The Balaban J connectivity index is 1.77. The molecule has 1 amide bonds. The second-order valence-electron chi connectivity index (χ2n) is 6.65. The minimum absolute atomic E-state index is 0.0740. The number of hydrogen-bond donors (Lipinski definition) is 0. The highest BCUT2D eigenvalue weighted by molar-refractivity contribution is 7.89. The molecule has 0 spiro atoms. The van der Waals surface area contributed by atoms with Gasteiger partial charge in [-0.1, -0.05) is 12.1 Å². The van der Waals surface area contributed by atoms with E-state index in [-0.39, 0.29) is 24.7 Å². The molecule has 1 aliphatic rings. The molecule has 0 bridgehead atoms. The van der Waals surface area contributed by atoms with E-state index >= 15 is 0 Å². The summed E-state index contributed by atoms with van der Waals surface area (Å²) in [4.78, 5) is 18.7. The van der Waals surface area contributed by atoms with E-state index in [9.17, 15) is 13.2 Å². The number of carbonyl (C=O) groups is 1. The molecule has 0 N–H and O–H groups in total. The Morgan fingerprint density at radius 2 is 2.03 bits per heavy atom. The van der Waals surface area contributed by atoms with E-state index in [0.717, 1.165) is 5.56 Å². The minimum Gasteiger partial charge on any atom is -0.497 e. The Kier molecular flexibility index (Phi) is 7.18. The summed E-state index contributed by atoms with van der Waals surface area (Å²) in [7, 11) is -1.95. The predicted molar refractivity (Wildman–Crippen MR) is 108 cm³/mol. The largest absolute Gasteiger partial charge is 0.497 e. The molecule has 1 aromatic carbocycles. The summed E-state index contributed by atoms with van der Waals surface area (Å²) in [5.41, 5.74) is 1.27. The number of amides is 1. The van der Waals surface area contributed by atoms with Gasteiger partial charge < -0.3 is 14.4 Å². The molecule has 0 unspecified atom stereocenters. The van der Waals surface area contributed by atoms with Crippen molar-refractivity contribution in [3.05, 3.63) is 59.9 Å². The maximum Gasteiger partial charge on any atom is 0.254 e. The third-order valence-corrected chi connectivity index (χ3v) is 6.53. The Morgan fingerprint density at radius 1 is 1.24 bits per heavy atom. The maximum absolute atomic E-state index is 13.1. The van der Waals surface area contributed by atoms with E-state index < -0.39 is 10.0 Å². The lowest BCUT2D eigenvalue weighted by molar-refractivity contribution is 0.0716. The first-order valence-electron chi connectivity index (χ1n) is 9.37. The monoisotopic (exact) mass is 419 g/mol. The number of aromatic nitrogens is 1. The van der Waals surface area contributed by atoms with Gasteiger partial charge in [-0.25, -0.2) is 8.42 Å². The Morgan fingerprint density at radius 3 is 2.72 bits per heavy atom. The number of methoxy groups -OCH3 is 1. The zero-order valence-electron chi connectivity index (χ0n) is 16.4. The number of sulfonamides is 1. The summed E-state index contributed by atoms with van der Waals surface area (Å²) >= 11 is 0. The molecule has 2 aromatic rings. The molecule has 0 aliphatic carbocycles. The topological polar surface area (TPSA) is 89.0 Å². The highest BCUT2D eigenvalue weighted by Gasteiger charge is 2.26. The van der Waals surface area contributed by atoms with Crippen molar-refractivity contribution in [1.82, 2.24) is 14.2 Å². The quantitative estimate of drug-likeness (QED) is 0.643. The van der Waals surface area contributed by atoms with Crippen LogP contribution in [0.5, 0.6) is 5.75 Å². The second-order valence-corrected chi connectivity index (χ2v) is 8.74. The van der Waals surface area contributed by atoms with Crippen LogP contribution in [-0.4, -0.2) is 74.2 Å². The molecule has 1 saturated heterocycles. The Hall–Kier alpha value is -2.49. The molecule has 8 nitrogen and oxygen atoms in total. The van der Waals surface area contributed by atoms with Gasteiger partial charge in [-0.3, -0.25) is 9.78 Å². The zero-order valence-corrected chi connectivity index (χ0v) is 17.2. The Labute approximate surface area is 171 Å². The molecular weight excluding hydrogens is 394 g/mol. The second kappa shape index (κ2) is 9.82. The number of morpholine rings is 1. The smallest absolute Gasteiger partial charge is 0.254 e. The number of rotatable bonds is 8. The SMILES string of the molecule is COc1cccc(C(=O)N(CCS(=O)(=O)N2CCOCC2)Cc2cccnc2)c1. The summed E-state index contributed by atoms with van der Waals surface area (Å²) < 4.78 is 37.3. The number of benzene rings is 1. The van der Waals surface area contributed by atoms with Gasteiger partial charge in [0.05, 0.1) is 26.1 Å². The molecule has 1 aromatic heterocycles. The van der Waals surface area contributed by atoms with Crippen molar-refractivity contribution in [2.24, 2.45) is 0 Å². The molecule has 29 heavy (non-hydrogen) atoms. The first-order valence-corrected chi connectivity index (χ1v) is 11.0. The molecular formula is C20H25N3O5S. The van der Waals surface area contributed by atoms with Gasteiger partial charge in [-0.05, 0) is 29.8 Å². The fourth-order valence-corrected chi connectivity index (χ4v) is 4.50. The lowest BCUT2D eigenvalue weighted by atomic mass is 10.1. The number of hydrogen-bond acceptors (Lipinski definition) is 6. The lowest BCUT2D eigenvalue weighted by Crippen LogP contribution is -2.44. The van der Waals surface area contributed by atoms with Crippen molar-refractivity contribution in [3.63, 3.8) is 0 Å². The van der Waals surface area contributed by atoms with Crippen LogP contribution in [0.1, 0.15) is 15.9 Å². The average molecular weight is 420 g/mol. The fourth-order valence-electron chi connectivity index (χ4n) is 3.08. The highest BCUT2D eigenvalue weighted by Crippen LogP contribution is 2.16. The zero-order chi connectivity index (χ0) is 20.7. The standard InChI is InChI=1S/C20H25N3O5S/c1-27-19-6-2-5-18(14-19)20(24)22(16-17-4-3-7-21-15-17)10-13-29(25,26)23-8-11-28-12-9-23/h2-7,14-15H,8-13,16H2,1H3. The van der Waals surface area contributed by atoms with Crippen LogP contribution < -0.4 is 4.74 Å². The van der Waals surface area contributed by atoms with E-state index in [0.29, 0.717) is 37.6 Å². The summed E-state index contributed by atoms with van der Waals surface area (Å²) in [5, 5.41) is 0. The van der Waals surface area contributed by atoms with Gasteiger partial charge in [0.1, 0.15) is 5.75 Å². The molecule has 3 rings (SSSR count). The molecule has 9 heteroatoms. The highest BCUT2D eigenvalue weighted by atomic mass is 32.2. The summed E-state index contributed by atoms with van der Waals surface area (Å²) in [5.74, 6) is 0.159. The van der Waals surface area contributed by atoms with Crippen molar-refractivity contribution in [2.75, 3.05) is 45.7 Å². The first kappa shape index (κ1) is 21.2. The predicted octanol–water partition coefficient (Wildman–Crippen LogP) is 1.39. The van der Waals surface area contributed by atoms with E-state index in [1.807, 2.05) is 6.07 Å². The van der Waals surface area contributed by atoms with E-state index in [2.05, 4.69) is 4.98 Å². The number of nitrogens with zero attached hydrogens (tertiary/aromatic N) is 3. The third kappa shape index (κ3) is 5.75. The normalized spacial score (nSPS) is 15.1. The van der Waals surface area contributed by atoms with Gasteiger partial charge in [0.2, 0.25) is 10.0 Å². The molecule has 0 atom stereocenters. The van der Waals surface area contributed by atoms with Crippen molar-refractivity contribution < 1.29 is 22.7 Å². The molecule has 0 saturated carbocycles. The molecule has 1 fully saturated rings. The number of pyridine rings is 1. The fraction of sp³-hybridized carbons (Fsp3) is 0.400. The van der Waals surface area contributed by atoms with Gasteiger partial charge in [0, 0.05) is 44.1 Å². The summed E-state index contributed by atoms with van der Waals surface area (Å²) in [6.07, 6.45) is 3.32. The lowest BCUT2D eigenvalue weighted by Gasteiger charge is -2.28. The maximum atomic E-state index is 13.1. The molecule has 156 valence electrons. The first-order chi connectivity index (χ1) is 14.0. The van der Waals surface area contributed by atoms with Gasteiger partial charge in [-0.2, -0.15) is 4.31 Å². The van der Waals surface area contributed by atoms with Gasteiger partial charge >= 0.3 is 0 Å². The van der Waals surface area contributed by atoms with Crippen molar-refractivity contribution >= 4 is 15.9 Å². The van der Waals surface area contributed by atoms with Crippen LogP contribution in [0.15, 0.2) is 48.8 Å². The molecule has 2 heterocycles. The van der Waals surface area contributed by atoms with Crippen LogP contribution in [0.2, 0.25) is 0 Å². The number of ether oxygens (including phenoxy) is 2. The van der Waals surface area contributed by atoms with Crippen molar-refractivity contribution in [2.45, 2.75) is 6.54 Å². The summed E-state index contributed by atoms with van der Waals surface area (Å²) in [6, 6.07) is 10.5. The molecule has 0 radical (unpaired) electrons. The van der Waals surface area contributed by atoms with Crippen molar-refractivity contribution in [3.8, 4) is 5.75 Å². The van der Waals surface area contributed by atoms with Crippen LogP contribution in [0.25, 0.3) is 0 Å². The van der Waals surface area contributed by atoms with Gasteiger partial charge in [0.25, 0.3) is 5.91 Å². The molecule has 1 aliphatic heterocycles. The Bertz CT molecular complexity index is 915. The van der Waals surface area contributed by atoms with Crippen molar-refractivity contribution in [1.29, 1.82) is 0 Å². The van der Waals surface area contributed by atoms with E-state index in [4.69, 9.17) is 9.47 Å². The van der Waals surface area contributed by atoms with Gasteiger partial charge in [0.15, 0.2) is 0 Å². The minimum atomic E-state index is -3.48. The van der Waals surface area contributed by atoms with Crippen LogP contribution in [0.4, 0.5) is 0 Å². The van der Waals surface area contributed by atoms with Crippen LogP contribution in [0.3, 0.4) is 0 Å². The van der Waals surface area contributed by atoms with E-state index in [1.54, 1.807) is 42.7 Å². The third-order valence-electron chi connectivity index (χ3n) is 4.68. The van der Waals surface area contributed by atoms with Crippen LogP contribution in [0, 0.1) is 0 Å². The van der Waals surface area contributed by atoms with Crippen LogP contribution >= 0.6 is 0 Å². The van der Waals surface area contributed by atoms with Crippen LogP contribution in [-0.2, 0) is 21.3 Å². The summed E-state index contributed by atoms with van der Waals surface area (Å²) in [6.45, 7) is 1.80. The van der Waals surface area contributed by atoms with Gasteiger partial charge in [-0.15, -0.1) is 0 Å². The number of carbonyl (C=O) groups excluding carboxylic acids is 1.